The van der Waals surface area contributed by atoms with Gasteiger partial charge in [0.05, 0.1) is 7.11 Å². The number of hydrogen-bond acceptors (Lipinski definition) is 3. The average Bonchev–Trinajstić information content (AvgIpc) is 2.46. The Labute approximate surface area is 124 Å². The minimum Gasteiger partial charge on any atom is -0.496 e. The van der Waals surface area contributed by atoms with Crippen LogP contribution < -0.4 is 15.2 Å². The summed E-state index contributed by atoms with van der Waals surface area (Å²) in [6.07, 6.45) is 0. The van der Waals surface area contributed by atoms with Gasteiger partial charge >= 0.3 is 0 Å². The Balaban J connectivity index is 2.10. The maximum Gasteiger partial charge on any atom is 0.123 e. The number of rotatable bonds is 5. The lowest BCUT2D eigenvalue weighted by Crippen LogP contribution is -2.02. The number of aryl methyl sites for hydroxylation is 1. The lowest BCUT2D eigenvalue weighted by Gasteiger charge is -2.12. The van der Waals surface area contributed by atoms with Crippen molar-refractivity contribution in [3.8, 4) is 11.5 Å². The van der Waals surface area contributed by atoms with Crippen LogP contribution >= 0.6 is 11.6 Å². The minimum atomic E-state index is 0.459. The van der Waals surface area contributed by atoms with Crippen molar-refractivity contribution in [3.63, 3.8) is 0 Å². The van der Waals surface area contributed by atoms with Gasteiger partial charge in [-0.3, -0.25) is 0 Å². The molecule has 4 heteroatoms. The van der Waals surface area contributed by atoms with Gasteiger partial charge in [0.15, 0.2) is 0 Å². The van der Waals surface area contributed by atoms with Crippen molar-refractivity contribution in [2.75, 3.05) is 7.11 Å². The van der Waals surface area contributed by atoms with Crippen LogP contribution in [0.5, 0.6) is 11.5 Å². The summed E-state index contributed by atoms with van der Waals surface area (Å²) in [5.74, 6) is 1.62. The summed E-state index contributed by atoms with van der Waals surface area (Å²) in [4.78, 5) is 0. The molecule has 0 saturated heterocycles. The van der Waals surface area contributed by atoms with Crippen LogP contribution in [-0.2, 0) is 13.2 Å². The highest BCUT2D eigenvalue weighted by molar-refractivity contribution is 6.30. The van der Waals surface area contributed by atoms with Crippen molar-refractivity contribution in [1.29, 1.82) is 0 Å². The van der Waals surface area contributed by atoms with E-state index in [1.165, 1.54) is 0 Å². The lowest BCUT2D eigenvalue weighted by molar-refractivity contribution is 0.303. The third-order valence-corrected chi connectivity index (χ3v) is 3.34. The molecular formula is C16H18ClNO2. The first kappa shape index (κ1) is 14.7. The molecule has 0 spiro atoms. The molecule has 0 aliphatic heterocycles. The lowest BCUT2D eigenvalue weighted by atomic mass is 10.1. The maximum absolute atomic E-state index is 5.92. The summed E-state index contributed by atoms with van der Waals surface area (Å²) in [6, 6.07) is 11.5. The van der Waals surface area contributed by atoms with Crippen LogP contribution in [0.4, 0.5) is 0 Å². The molecule has 106 valence electrons. The molecule has 0 aliphatic carbocycles. The predicted octanol–water partition coefficient (Wildman–Crippen LogP) is 3.69. The molecule has 2 aromatic rings. The van der Waals surface area contributed by atoms with E-state index in [2.05, 4.69) is 0 Å². The predicted molar refractivity (Wildman–Crippen MR) is 81.4 cm³/mol. The number of hydrogen-bond donors (Lipinski definition) is 1. The Hall–Kier alpha value is -1.71. The van der Waals surface area contributed by atoms with Crippen molar-refractivity contribution in [1.82, 2.24) is 0 Å². The van der Waals surface area contributed by atoms with E-state index in [1.807, 2.05) is 43.3 Å². The van der Waals surface area contributed by atoms with Crippen LogP contribution in [0.1, 0.15) is 16.7 Å². The molecule has 0 aromatic heterocycles. The Kier molecular flexibility index (Phi) is 4.88. The van der Waals surface area contributed by atoms with Gasteiger partial charge in [0.2, 0.25) is 0 Å². The summed E-state index contributed by atoms with van der Waals surface area (Å²) in [7, 11) is 1.64. The molecular weight excluding hydrogens is 274 g/mol. The van der Waals surface area contributed by atoms with Gasteiger partial charge in [-0.15, -0.1) is 0 Å². The molecule has 2 rings (SSSR count). The van der Waals surface area contributed by atoms with Gasteiger partial charge in [0, 0.05) is 17.1 Å². The van der Waals surface area contributed by atoms with E-state index in [4.69, 9.17) is 26.8 Å². The van der Waals surface area contributed by atoms with Crippen LogP contribution in [0.3, 0.4) is 0 Å². The largest absolute Gasteiger partial charge is 0.496 e. The number of halogens is 1. The zero-order valence-corrected chi connectivity index (χ0v) is 12.4. The number of methoxy groups -OCH3 is 1. The standard InChI is InChI=1S/C16H18ClNO2/c1-11-7-14(17)5-6-15(11)20-10-12-3-4-13(9-18)16(8-12)19-2/h3-8H,9-10,18H2,1-2H3. The summed E-state index contributed by atoms with van der Waals surface area (Å²) >= 11 is 5.92. The van der Waals surface area contributed by atoms with Crippen molar-refractivity contribution in [2.45, 2.75) is 20.1 Å². The van der Waals surface area contributed by atoms with Crippen molar-refractivity contribution < 1.29 is 9.47 Å². The highest BCUT2D eigenvalue weighted by Gasteiger charge is 2.05. The van der Waals surface area contributed by atoms with Crippen LogP contribution in [0, 0.1) is 6.92 Å². The molecule has 0 fully saturated rings. The monoisotopic (exact) mass is 291 g/mol. The van der Waals surface area contributed by atoms with E-state index in [9.17, 15) is 0 Å². The Morgan fingerprint density at radius 1 is 1.10 bits per heavy atom. The quantitative estimate of drug-likeness (QED) is 0.913. The molecule has 0 aliphatic rings. The first-order valence-corrected chi connectivity index (χ1v) is 6.76. The van der Waals surface area contributed by atoms with Crippen molar-refractivity contribution in [3.05, 3.63) is 58.1 Å². The van der Waals surface area contributed by atoms with Gasteiger partial charge < -0.3 is 15.2 Å². The first-order chi connectivity index (χ1) is 9.63. The smallest absolute Gasteiger partial charge is 0.123 e. The SMILES string of the molecule is COc1cc(COc2ccc(Cl)cc2C)ccc1CN. The second-order valence-corrected chi connectivity index (χ2v) is 4.99. The van der Waals surface area contributed by atoms with Crippen LogP contribution in [0.15, 0.2) is 36.4 Å². The van der Waals surface area contributed by atoms with Gasteiger partial charge in [-0.2, -0.15) is 0 Å². The van der Waals surface area contributed by atoms with E-state index in [0.717, 1.165) is 28.2 Å². The van der Waals surface area contributed by atoms with Gasteiger partial charge in [0.1, 0.15) is 18.1 Å². The molecule has 2 N–H and O–H groups in total. The van der Waals surface area contributed by atoms with Gasteiger partial charge in [-0.25, -0.2) is 0 Å². The van der Waals surface area contributed by atoms with Gasteiger partial charge in [0.25, 0.3) is 0 Å². The molecule has 0 saturated carbocycles. The minimum absolute atomic E-state index is 0.459. The average molecular weight is 292 g/mol. The number of nitrogens with two attached hydrogens (primary N) is 1. The summed E-state index contributed by atoms with van der Waals surface area (Å²) in [6.45, 7) is 2.91. The molecule has 0 unspecified atom stereocenters. The fourth-order valence-electron chi connectivity index (χ4n) is 1.98. The highest BCUT2D eigenvalue weighted by Crippen LogP contribution is 2.24. The fraction of sp³-hybridized carbons (Fsp3) is 0.250. The number of benzene rings is 2. The zero-order chi connectivity index (χ0) is 14.5. The zero-order valence-electron chi connectivity index (χ0n) is 11.7. The molecule has 0 heterocycles. The second-order valence-electron chi connectivity index (χ2n) is 4.55. The molecule has 0 amide bonds. The van der Waals surface area contributed by atoms with Gasteiger partial charge in [-0.05, 0) is 42.3 Å². The van der Waals surface area contributed by atoms with E-state index in [1.54, 1.807) is 7.11 Å². The third-order valence-electron chi connectivity index (χ3n) is 3.10. The van der Waals surface area contributed by atoms with Crippen LogP contribution in [0.25, 0.3) is 0 Å². The van der Waals surface area contributed by atoms with E-state index in [0.29, 0.717) is 18.2 Å². The van der Waals surface area contributed by atoms with Crippen LogP contribution in [0.2, 0.25) is 5.02 Å². The summed E-state index contributed by atoms with van der Waals surface area (Å²) in [5, 5.41) is 0.712. The second kappa shape index (κ2) is 6.64. The molecule has 0 atom stereocenters. The summed E-state index contributed by atoms with van der Waals surface area (Å²) in [5.41, 5.74) is 8.69. The third kappa shape index (κ3) is 3.44. The van der Waals surface area contributed by atoms with Crippen LogP contribution in [-0.4, -0.2) is 7.11 Å². The first-order valence-electron chi connectivity index (χ1n) is 6.39. The Morgan fingerprint density at radius 3 is 2.55 bits per heavy atom. The topological polar surface area (TPSA) is 44.5 Å². The fourth-order valence-corrected chi connectivity index (χ4v) is 2.21. The van der Waals surface area contributed by atoms with Crippen molar-refractivity contribution in [2.24, 2.45) is 5.73 Å². The van der Waals surface area contributed by atoms with E-state index >= 15 is 0 Å². The van der Waals surface area contributed by atoms with Crippen molar-refractivity contribution >= 4 is 11.6 Å². The molecule has 0 radical (unpaired) electrons. The van der Waals surface area contributed by atoms with E-state index in [-0.39, 0.29) is 0 Å². The van der Waals surface area contributed by atoms with Gasteiger partial charge in [-0.1, -0.05) is 23.7 Å². The maximum atomic E-state index is 5.92. The Bertz CT molecular complexity index is 599. The Morgan fingerprint density at radius 2 is 1.90 bits per heavy atom. The number of ether oxygens (including phenoxy) is 2. The normalized spacial score (nSPS) is 10.4. The van der Waals surface area contributed by atoms with E-state index < -0.39 is 0 Å². The summed E-state index contributed by atoms with van der Waals surface area (Å²) < 4.78 is 11.1. The molecule has 2 aromatic carbocycles. The highest BCUT2D eigenvalue weighted by atomic mass is 35.5. The molecule has 20 heavy (non-hydrogen) atoms. The molecule has 0 bridgehead atoms. The molecule has 3 nitrogen and oxygen atoms in total.